The second-order valence-electron chi connectivity index (χ2n) is 9.23. The van der Waals surface area contributed by atoms with Crippen molar-refractivity contribution in [2.75, 3.05) is 25.1 Å². The number of hydrogen-bond donors (Lipinski definition) is 3. The van der Waals surface area contributed by atoms with Gasteiger partial charge in [0.15, 0.2) is 5.82 Å². The molecule has 0 aliphatic carbocycles. The summed E-state index contributed by atoms with van der Waals surface area (Å²) < 4.78 is 25.5. The Morgan fingerprint density at radius 1 is 1.23 bits per heavy atom. The average molecular weight is 548 g/mol. The molecular formula is C27H26FN7O3S. The molecule has 3 N–H and O–H groups in total. The van der Waals surface area contributed by atoms with Crippen LogP contribution < -0.4 is 10.6 Å². The highest BCUT2D eigenvalue weighted by Gasteiger charge is 2.40. The van der Waals surface area contributed by atoms with E-state index < -0.39 is 11.7 Å². The number of aromatic amines is 1. The largest absolute Gasteiger partial charge is 0.354 e. The van der Waals surface area contributed by atoms with Gasteiger partial charge < -0.3 is 25.1 Å². The third-order valence-corrected chi connectivity index (χ3v) is 7.03. The van der Waals surface area contributed by atoms with Gasteiger partial charge in [-0.3, -0.25) is 4.79 Å². The number of anilines is 1. The second kappa shape index (κ2) is 11.7. The SMILES string of the molecule is CC1(C(=O)NCCC#N)COC(c2nc(-c3ccc(F)cc3)c(-c3ccnc(NCc4cccs4)n3)[nH]2)OC1. The molecule has 1 aliphatic heterocycles. The molecule has 1 saturated heterocycles. The summed E-state index contributed by atoms with van der Waals surface area (Å²) in [5.41, 5.74) is 1.49. The smallest absolute Gasteiger partial charge is 0.230 e. The molecule has 0 saturated carbocycles. The number of halogens is 1. The normalized spacial score (nSPS) is 18.8. The number of aromatic nitrogens is 4. The molecular weight excluding hydrogens is 521 g/mol. The highest BCUT2D eigenvalue weighted by atomic mass is 32.1. The van der Waals surface area contributed by atoms with Crippen molar-refractivity contribution < 1.29 is 18.7 Å². The summed E-state index contributed by atoms with van der Waals surface area (Å²) >= 11 is 1.64. The minimum Gasteiger partial charge on any atom is -0.354 e. The van der Waals surface area contributed by atoms with Crippen molar-refractivity contribution in [1.82, 2.24) is 25.3 Å². The third kappa shape index (κ3) is 6.12. The summed E-state index contributed by atoms with van der Waals surface area (Å²) in [7, 11) is 0. The Morgan fingerprint density at radius 2 is 2.03 bits per heavy atom. The molecule has 0 unspecified atom stereocenters. The van der Waals surface area contributed by atoms with Crippen LogP contribution in [0.2, 0.25) is 0 Å². The maximum atomic E-state index is 13.7. The molecule has 200 valence electrons. The number of carbonyl (C=O) groups excluding carboxylic acids is 1. The topological polar surface area (TPSA) is 138 Å². The van der Waals surface area contributed by atoms with Gasteiger partial charge >= 0.3 is 0 Å². The van der Waals surface area contributed by atoms with Crippen LogP contribution in [0.4, 0.5) is 10.3 Å². The molecule has 5 rings (SSSR count). The number of amides is 1. The lowest BCUT2D eigenvalue weighted by atomic mass is 9.91. The van der Waals surface area contributed by atoms with Gasteiger partial charge in [0.25, 0.3) is 0 Å². The van der Waals surface area contributed by atoms with Crippen LogP contribution in [0.25, 0.3) is 22.6 Å². The van der Waals surface area contributed by atoms with E-state index in [-0.39, 0.29) is 37.9 Å². The lowest BCUT2D eigenvalue weighted by Gasteiger charge is -2.35. The lowest BCUT2D eigenvalue weighted by molar-refractivity contribution is -0.231. The summed E-state index contributed by atoms with van der Waals surface area (Å²) in [5, 5.41) is 16.7. The first kappa shape index (κ1) is 26.4. The van der Waals surface area contributed by atoms with Crippen LogP contribution >= 0.6 is 11.3 Å². The Kier molecular flexibility index (Phi) is 7.92. The van der Waals surface area contributed by atoms with E-state index in [1.807, 2.05) is 23.6 Å². The quantitative estimate of drug-likeness (QED) is 0.262. The lowest BCUT2D eigenvalue weighted by Crippen LogP contribution is -2.48. The fraction of sp³-hybridized carbons (Fsp3) is 0.296. The van der Waals surface area contributed by atoms with E-state index in [0.29, 0.717) is 41.0 Å². The van der Waals surface area contributed by atoms with Crippen LogP contribution in [-0.2, 0) is 20.8 Å². The maximum absolute atomic E-state index is 13.7. The number of H-pyrrole nitrogens is 1. The zero-order valence-electron chi connectivity index (χ0n) is 21.1. The first-order valence-corrected chi connectivity index (χ1v) is 13.2. The Labute approximate surface area is 228 Å². The van der Waals surface area contributed by atoms with E-state index >= 15 is 0 Å². The van der Waals surface area contributed by atoms with Crippen molar-refractivity contribution >= 4 is 23.2 Å². The van der Waals surface area contributed by atoms with Crippen LogP contribution in [-0.4, -0.2) is 45.6 Å². The number of imidazole rings is 1. The van der Waals surface area contributed by atoms with Gasteiger partial charge in [0.2, 0.25) is 18.1 Å². The number of nitrogens with one attached hydrogen (secondary N) is 3. The van der Waals surface area contributed by atoms with Crippen molar-refractivity contribution in [3.05, 3.63) is 70.6 Å². The second-order valence-corrected chi connectivity index (χ2v) is 10.3. The van der Waals surface area contributed by atoms with E-state index in [2.05, 4.69) is 25.6 Å². The maximum Gasteiger partial charge on any atom is 0.230 e. The molecule has 12 heteroatoms. The molecule has 39 heavy (non-hydrogen) atoms. The zero-order valence-corrected chi connectivity index (χ0v) is 21.9. The van der Waals surface area contributed by atoms with Crippen molar-refractivity contribution in [2.45, 2.75) is 26.2 Å². The number of nitriles is 1. The van der Waals surface area contributed by atoms with E-state index in [9.17, 15) is 9.18 Å². The number of nitrogens with zero attached hydrogens (tertiary/aromatic N) is 4. The average Bonchev–Trinajstić information content (AvgIpc) is 3.64. The molecule has 4 heterocycles. The van der Waals surface area contributed by atoms with Crippen LogP contribution in [0.15, 0.2) is 54.0 Å². The van der Waals surface area contributed by atoms with E-state index in [4.69, 9.17) is 19.7 Å². The first-order chi connectivity index (χ1) is 18.9. The predicted molar refractivity (Wildman–Crippen MR) is 143 cm³/mol. The molecule has 1 aliphatic rings. The molecule has 1 fully saturated rings. The van der Waals surface area contributed by atoms with E-state index in [1.54, 1.807) is 42.7 Å². The van der Waals surface area contributed by atoms with Crippen molar-refractivity contribution in [1.29, 1.82) is 5.26 Å². The molecule has 4 aromatic rings. The summed E-state index contributed by atoms with van der Waals surface area (Å²) in [6.45, 7) is 2.80. The van der Waals surface area contributed by atoms with Crippen molar-refractivity contribution in [3.8, 4) is 28.7 Å². The third-order valence-electron chi connectivity index (χ3n) is 6.15. The fourth-order valence-corrected chi connectivity index (χ4v) is 4.66. The number of benzene rings is 1. The highest BCUT2D eigenvalue weighted by molar-refractivity contribution is 7.09. The van der Waals surface area contributed by atoms with Crippen LogP contribution in [0.1, 0.15) is 30.3 Å². The molecule has 1 aromatic carbocycles. The van der Waals surface area contributed by atoms with Gasteiger partial charge in [-0.15, -0.1) is 11.3 Å². The van der Waals surface area contributed by atoms with E-state index in [0.717, 1.165) is 4.88 Å². The first-order valence-electron chi connectivity index (χ1n) is 12.3. The van der Waals surface area contributed by atoms with Crippen LogP contribution in [0, 0.1) is 22.6 Å². The molecule has 0 atom stereocenters. The Hall–Kier alpha value is -4.18. The molecule has 0 radical (unpaired) electrons. The van der Waals surface area contributed by atoms with Gasteiger partial charge in [0, 0.05) is 23.2 Å². The molecule has 0 spiro atoms. The van der Waals surface area contributed by atoms with Gasteiger partial charge in [0.05, 0.1) is 54.7 Å². The zero-order chi connectivity index (χ0) is 27.2. The number of thiophene rings is 1. The number of carbonyl (C=O) groups is 1. The fourth-order valence-electron chi connectivity index (χ4n) is 4.01. The van der Waals surface area contributed by atoms with E-state index in [1.165, 1.54) is 12.1 Å². The van der Waals surface area contributed by atoms with Crippen LogP contribution in [0.3, 0.4) is 0 Å². The van der Waals surface area contributed by atoms with Gasteiger partial charge in [-0.05, 0) is 48.7 Å². The number of ether oxygens (including phenoxy) is 2. The van der Waals surface area contributed by atoms with Crippen LogP contribution in [0.5, 0.6) is 0 Å². The van der Waals surface area contributed by atoms with Gasteiger partial charge in [-0.1, -0.05) is 6.07 Å². The molecule has 10 nitrogen and oxygen atoms in total. The van der Waals surface area contributed by atoms with Crippen molar-refractivity contribution in [3.63, 3.8) is 0 Å². The minimum absolute atomic E-state index is 0.0995. The summed E-state index contributed by atoms with van der Waals surface area (Å²) in [4.78, 5) is 30.7. The molecule has 1 amide bonds. The summed E-state index contributed by atoms with van der Waals surface area (Å²) in [6.07, 6.45) is 1.02. The predicted octanol–water partition coefficient (Wildman–Crippen LogP) is 4.43. The Balaban J connectivity index is 1.39. The Morgan fingerprint density at radius 3 is 2.74 bits per heavy atom. The summed E-state index contributed by atoms with van der Waals surface area (Å²) in [5.74, 6) is 0.241. The van der Waals surface area contributed by atoms with Gasteiger partial charge in [0.1, 0.15) is 5.82 Å². The number of hydrogen-bond acceptors (Lipinski definition) is 9. The van der Waals surface area contributed by atoms with Gasteiger partial charge in [-0.2, -0.15) is 5.26 Å². The molecule has 0 bridgehead atoms. The van der Waals surface area contributed by atoms with Crippen molar-refractivity contribution in [2.24, 2.45) is 5.41 Å². The monoisotopic (exact) mass is 547 g/mol. The standard InChI is InChI=1S/C27H26FN7O3S/c1-27(25(36)30-11-3-10-29)15-37-24(38-16-27)23-34-21(17-5-7-18(28)8-6-17)22(35-23)20-9-12-31-26(33-20)32-14-19-4-2-13-39-19/h2,4-9,12-13,24H,3,11,14-16H2,1H3,(H,30,36)(H,34,35)(H,31,32,33). The minimum atomic E-state index is -0.906. The van der Waals surface area contributed by atoms with Gasteiger partial charge in [-0.25, -0.2) is 19.3 Å². The number of rotatable bonds is 9. The Bertz CT molecular complexity index is 1460. The highest BCUT2D eigenvalue weighted by Crippen LogP contribution is 2.35. The summed E-state index contributed by atoms with van der Waals surface area (Å²) in [6, 6.07) is 13.8. The molecule has 3 aromatic heterocycles.